The van der Waals surface area contributed by atoms with Gasteiger partial charge in [0, 0.05) is 12.1 Å². The highest BCUT2D eigenvalue weighted by atomic mass is 16.3. The summed E-state index contributed by atoms with van der Waals surface area (Å²) in [5, 5.41) is 12.3. The molecule has 1 aliphatic heterocycles. The van der Waals surface area contributed by atoms with Crippen molar-refractivity contribution in [2.24, 2.45) is 5.41 Å². The van der Waals surface area contributed by atoms with Gasteiger partial charge in [0.25, 0.3) is 0 Å². The molecule has 10 heavy (non-hydrogen) atoms. The quantitative estimate of drug-likeness (QED) is 0.568. The second-order valence-corrected chi connectivity index (χ2v) is 4.41. The van der Waals surface area contributed by atoms with Crippen molar-refractivity contribution in [1.82, 2.24) is 5.32 Å². The first kappa shape index (κ1) is 8.02. The molecule has 0 aromatic carbocycles. The number of aliphatic hydroxyl groups is 1. The zero-order valence-electron chi connectivity index (χ0n) is 7.07. The van der Waals surface area contributed by atoms with Crippen LogP contribution in [0.5, 0.6) is 0 Å². The summed E-state index contributed by atoms with van der Waals surface area (Å²) in [5.41, 5.74) is 0.334. The lowest BCUT2D eigenvalue weighted by Gasteiger charge is -2.22. The monoisotopic (exact) mass is 143 g/mol. The van der Waals surface area contributed by atoms with E-state index in [1.54, 1.807) is 0 Å². The third kappa shape index (κ3) is 1.50. The summed E-state index contributed by atoms with van der Waals surface area (Å²) >= 11 is 0. The Kier molecular flexibility index (Phi) is 1.77. The molecule has 0 saturated carbocycles. The minimum absolute atomic E-state index is 0.0243. The Hall–Kier alpha value is -0.0800. The lowest BCUT2D eigenvalue weighted by Crippen LogP contribution is -2.39. The smallest absolute Gasteiger partial charge is 0.0610 e. The molecule has 1 atom stereocenters. The van der Waals surface area contributed by atoms with Gasteiger partial charge >= 0.3 is 0 Å². The fraction of sp³-hybridized carbons (Fsp3) is 1.00. The Morgan fingerprint density at radius 1 is 1.40 bits per heavy atom. The van der Waals surface area contributed by atoms with E-state index >= 15 is 0 Å². The Morgan fingerprint density at radius 2 is 2.00 bits per heavy atom. The summed E-state index contributed by atoms with van der Waals surface area (Å²) in [6.07, 6.45) is 1.07. The molecule has 0 aliphatic carbocycles. The first-order valence-corrected chi connectivity index (χ1v) is 3.83. The lowest BCUT2D eigenvalue weighted by molar-refractivity contribution is 0.183. The summed E-state index contributed by atoms with van der Waals surface area (Å²) in [4.78, 5) is 0. The Bertz CT molecular complexity index is 133. The molecule has 0 aromatic rings. The van der Waals surface area contributed by atoms with Crippen molar-refractivity contribution in [3.8, 4) is 0 Å². The van der Waals surface area contributed by atoms with E-state index in [1.807, 2.05) is 0 Å². The fourth-order valence-electron chi connectivity index (χ4n) is 1.75. The normalized spacial score (nSPS) is 38.4. The van der Waals surface area contributed by atoms with Crippen molar-refractivity contribution in [1.29, 1.82) is 0 Å². The zero-order valence-corrected chi connectivity index (χ0v) is 7.07. The molecular weight excluding hydrogens is 126 g/mol. The molecule has 0 bridgehead atoms. The highest BCUT2D eigenvalue weighted by molar-refractivity contribution is 4.96. The molecule has 2 nitrogen and oxygen atoms in total. The van der Waals surface area contributed by atoms with Gasteiger partial charge in [-0.1, -0.05) is 13.8 Å². The summed E-state index contributed by atoms with van der Waals surface area (Å²) in [6, 6.07) is 0. The van der Waals surface area contributed by atoms with E-state index in [1.165, 1.54) is 0 Å². The largest absolute Gasteiger partial charge is 0.394 e. The maximum Gasteiger partial charge on any atom is 0.0610 e. The van der Waals surface area contributed by atoms with Gasteiger partial charge in [0.05, 0.1) is 6.61 Å². The van der Waals surface area contributed by atoms with Crippen LogP contribution in [0.3, 0.4) is 0 Å². The van der Waals surface area contributed by atoms with E-state index in [4.69, 9.17) is 5.11 Å². The van der Waals surface area contributed by atoms with Crippen LogP contribution in [0.15, 0.2) is 0 Å². The summed E-state index contributed by atoms with van der Waals surface area (Å²) in [5.74, 6) is 0. The standard InChI is InChI=1S/C8H17NO/c1-7(2)4-8(3,6-10)9-5-7/h9-10H,4-6H2,1-3H3. The Morgan fingerprint density at radius 3 is 2.20 bits per heavy atom. The van der Waals surface area contributed by atoms with Crippen LogP contribution in [0.4, 0.5) is 0 Å². The third-order valence-corrected chi connectivity index (χ3v) is 2.21. The molecule has 1 heterocycles. The molecule has 0 radical (unpaired) electrons. The van der Waals surface area contributed by atoms with Crippen LogP contribution in [0, 0.1) is 5.41 Å². The Balaban J connectivity index is 2.57. The van der Waals surface area contributed by atoms with E-state index in [2.05, 4.69) is 26.1 Å². The average molecular weight is 143 g/mol. The van der Waals surface area contributed by atoms with Crippen LogP contribution < -0.4 is 5.32 Å². The van der Waals surface area contributed by atoms with Gasteiger partial charge in [0.15, 0.2) is 0 Å². The molecule has 2 N–H and O–H groups in total. The number of hydrogen-bond donors (Lipinski definition) is 2. The van der Waals surface area contributed by atoms with Crippen LogP contribution >= 0.6 is 0 Å². The van der Waals surface area contributed by atoms with Crippen LogP contribution in [0.25, 0.3) is 0 Å². The molecule has 60 valence electrons. The minimum atomic E-state index is -0.0243. The van der Waals surface area contributed by atoms with Crippen LogP contribution in [-0.2, 0) is 0 Å². The first-order chi connectivity index (χ1) is 4.47. The topological polar surface area (TPSA) is 32.3 Å². The average Bonchev–Trinajstić information content (AvgIpc) is 2.08. The first-order valence-electron chi connectivity index (χ1n) is 3.83. The van der Waals surface area contributed by atoms with Crippen molar-refractivity contribution >= 4 is 0 Å². The van der Waals surface area contributed by atoms with Gasteiger partial charge in [-0.05, 0) is 18.8 Å². The molecule has 1 aliphatic rings. The van der Waals surface area contributed by atoms with Gasteiger partial charge in [0.2, 0.25) is 0 Å². The van der Waals surface area contributed by atoms with E-state index in [0.29, 0.717) is 5.41 Å². The predicted octanol–water partition coefficient (Wildman–Crippen LogP) is 0.757. The van der Waals surface area contributed by atoms with Crippen molar-refractivity contribution < 1.29 is 5.11 Å². The van der Waals surface area contributed by atoms with E-state index in [-0.39, 0.29) is 12.1 Å². The SMILES string of the molecule is CC1(C)CNC(C)(CO)C1. The molecule has 1 unspecified atom stereocenters. The van der Waals surface area contributed by atoms with Crippen LogP contribution in [0.2, 0.25) is 0 Å². The van der Waals surface area contributed by atoms with E-state index in [0.717, 1.165) is 13.0 Å². The van der Waals surface area contributed by atoms with Crippen molar-refractivity contribution in [3.05, 3.63) is 0 Å². The number of nitrogens with one attached hydrogen (secondary N) is 1. The highest BCUT2D eigenvalue weighted by Gasteiger charge is 2.38. The molecule has 0 spiro atoms. The summed E-state index contributed by atoms with van der Waals surface area (Å²) < 4.78 is 0. The number of rotatable bonds is 1. The molecular formula is C8H17NO. The summed E-state index contributed by atoms with van der Waals surface area (Å²) in [6.45, 7) is 7.78. The molecule has 1 saturated heterocycles. The van der Waals surface area contributed by atoms with Crippen molar-refractivity contribution in [3.63, 3.8) is 0 Å². The van der Waals surface area contributed by atoms with Crippen molar-refractivity contribution in [2.45, 2.75) is 32.7 Å². The zero-order chi connectivity index (χ0) is 7.83. The number of aliphatic hydroxyl groups excluding tert-OH is 1. The maximum absolute atomic E-state index is 9.00. The van der Waals surface area contributed by atoms with Crippen LogP contribution in [0.1, 0.15) is 27.2 Å². The van der Waals surface area contributed by atoms with Gasteiger partial charge in [-0.2, -0.15) is 0 Å². The van der Waals surface area contributed by atoms with Gasteiger partial charge in [-0.15, -0.1) is 0 Å². The highest BCUT2D eigenvalue weighted by Crippen LogP contribution is 2.33. The Labute approximate surface area is 62.6 Å². The fourth-order valence-corrected chi connectivity index (χ4v) is 1.75. The number of hydrogen-bond acceptors (Lipinski definition) is 2. The third-order valence-electron chi connectivity index (χ3n) is 2.21. The van der Waals surface area contributed by atoms with Gasteiger partial charge in [-0.25, -0.2) is 0 Å². The van der Waals surface area contributed by atoms with E-state index < -0.39 is 0 Å². The maximum atomic E-state index is 9.00. The molecule has 1 rings (SSSR count). The molecule has 0 aromatic heterocycles. The van der Waals surface area contributed by atoms with E-state index in [9.17, 15) is 0 Å². The van der Waals surface area contributed by atoms with Gasteiger partial charge in [-0.3, -0.25) is 0 Å². The second kappa shape index (κ2) is 2.21. The predicted molar refractivity (Wildman–Crippen MR) is 41.9 cm³/mol. The minimum Gasteiger partial charge on any atom is -0.394 e. The lowest BCUT2D eigenvalue weighted by atomic mass is 9.85. The second-order valence-electron chi connectivity index (χ2n) is 4.41. The van der Waals surface area contributed by atoms with Gasteiger partial charge < -0.3 is 10.4 Å². The molecule has 1 fully saturated rings. The van der Waals surface area contributed by atoms with Crippen molar-refractivity contribution in [2.75, 3.05) is 13.2 Å². The van der Waals surface area contributed by atoms with Crippen LogP contribution in [-0.4, -0.2) is 23.8 Å². The van der Waals surface area contributed by atoms with Gasteiger partial charge in [0.1, 0.15) is 0 Å². The summed E-state index contributed by atoms with van der Waals surface area (Å²) in [7, 11) is 0. The molecule has 0 amide bonds. The molecule has 2 heteroatoms.